The van der Waals surface area contributed by atoms with Gasteiger partial charge < -0.3 is 4.90 Å². The molecule has 0 rings (SSSR count). The summed E-state index contributed by atoms with van der Waals surface area (Å²) in [5.74, 6) is -5.45. The maximum absolute atomic E-state index is 13.0. The third kappa shape index (κ3) is 2.50. The molecule has 10 heteroatoms. The molecule has 100 valence electrons. The molecule has 0 aliphatic carbocycles. The van der Waals surface area contributed by atoms with E-state index in [9.17, 15) is 40.3 Å². The first-order valence-corrected chi connectivity index (χ1v) is 3.85. The van der Waals surface area contributed by atoms with E-state index in [2.05, 4.69) is 0 Å². The van der Waals surface area contributed by atoms with Crippen LogP contribution in [0.1, 0.15) is 0 Å². The SMILES string of the molecule is CN(C)C(=O)C(=O)C(F)(C(F)(F)F)C(F)(F)F. The first kappa shape index (κ1) is 15.6. The number of ketones is 1. The number of hydrogen-bond donors (Lipinski definition) is 0. The zero-order chi connectivity index (χ0) is 14.2. The van der Waals surface area contributed by atoms with E-state index in [0.717, 1.165) is 0 Å². The number of halogens is 7. The minimum Gasteiger partial charge on any atom is -0.342 e. The Morgan fingerprint density at radius 2 is 1.12 bits per heavy atom. The summed E-state index contributed by atoms with van der Waals surface area (Å²) in [6.45, 7) is 0. The first-order chi connectivity index (χ1) is 7.26. The van der Waals surface area contributed by atoms with Crippen LogP contribution in [0.4, 0.5) is 30.7 Å². The van der Waals surface area contributed by atoms with Crippen molar-refractivity contribution in [3.63, 3.8) is 0 Å². The molecule has 0 aromatic rings. The van der Waals surface area contributed by atoms with Crippen LogP contribution in [-0.2, 0) is 9.59 Å². The molecular formula is C7H6F7NO2. The molecule has 0 N–H and O–H groups in total. The highest BCUT2D eigenvalue weighted by molar-refractivity contribution is 6.39. The molecule has 0 fully saturated rings. The molecule has 0 aliphatic heterocycles. The molecule has 0 saturated heterocycles. The van der Waals surface area contributed by atoms with E-state index in [4.69, 9.17) is 0 Å². The zero-order valence-electron chi connectivity index (χ0n) is 8.41. The topological polar surface area (TPSA) is 37.4 Å². The van der Waals surface area contributed by atoms with Gasteiger partial charge in [0.2, 0.25) is 0 Å². The van der Waals surface area contributed by atoms with Gasteiger partial charge in [0.25, 0.3) is 11.7 Å². The number of nitrogens with zero attached hydrogens (tertiary/aromatic N) is 1. The van der Waals surface area contributed by atoms with Gasteiger partial charge in [-0.05, 0) is 0 Å². The van der Waals surface area contributed by atoms with Crippen LogP contribution in [0.5, 0.6) is 0 Å². The number of carbonyl (C=O) groups excluding carboxylic acids is 2. The van der Waals surface area contributed by atoms with Gasteiger partial charge in [0.1, 0.15) is 0 Å². The number of rotatable bonds is 2. The van der Waals surface area contributed by atoms with Gasteiger partial charge in [-0.25, -0.2) is 4.39 Å². The first-order valence-electron chi connectivity index (χ1n) is 3.85. The summed E-state index contributed by atoms with van der Waals surface area (Å²) in [5.41, 5.74) is -6.19. The quantitative estimate of drug-likeness (QED) is 0.562. The zero-order valence-corrected chi connectivity index (χ0v) is 8.41. The highest BCUT2D eigenvalue weighted by Crippen LogP contribution is 2.46. The molecule has 0 atom stereocenters. The van der Waals surface area contributed by atoms with Gasteiger partial charge in [0, 0.05) is 14.1 Å². The van der Waals surface area contributed by atoms with Gasteiger partial charge in [-0.3, -0.25) is 9.59 Å². The Morgan fingerprint density at radius 1 is 0.824 bits per heavy atom. The van der Waals surface area contributed by atoms with Crippen LogP contribution in [0.25, 0.3) is 0 Å². The van der Waals surface area contributed by atoms with Crippen molar-refractivity contribution in [3.05, 3.63) is 0 Å². The highest BCUT2D eigenvalue weighted by Gasteiger charge is 2.78. The van der Waals surface area contributed by atoms with Crippen LogP contribution in [-0.4, -0.2) is 48.7 Å². The van der Waals surface area contributed by atoms with E-state index in [1.165, 1.54) is 0 Å². The Labute approximate surface area is 90.2 Å². The average molecular weight is 269 g/mol. The van der Waals surface area contributed by atoms with Crippen molar-refractivity contribution in [2.75, 3.05) is 14.1 Å². The van der Waals surface area contributed by atoms with Crippen molar-refractivity contribution in [1.29, 1.82) is 0 Å². The van der Waals surface area contributed by atoms with Crippen LogP contribution in [0, 0.1) is 0 Å². The largest absolute Gasteiger partial charge is 0.439 e. The number of hydrogen-bond acceptors (Lipinski definition) is 2. The van der Waals surface area contributed by atoms with E-state index in [1.54, 1.807) is 0 Å². The second-order valence-electron chi connectivity index (χ2n) is 3.18. The van der Waals surface area contributed by atoms with Crippen molar-refractivity contribution in [3.8, 4) is 0 Å². The number of carbonyl (C=O) groups is 2. The lowest BCUT2D eigenvalue weighted by Gasteiger charge is -2.28. The number of amides is 1. The Hall–Kier alpha value is -1.35. The molecule has 0 radical (unpaired) electrons. The van der Waals surface area contributed by atoms with Gasteiger partial charge in [0.05, 0.1) is 0 Å². The van der Waals surface area contributed by atoms with Crippen LogP contribution in [0.3, 0.4) is 0 Å². The van der Waals surface area contributed by atoms with Crippen molar-refractivity contribution in [2.24, 2.45) is 0 Å². The molecule has 0 bridgehead atoms. The molecule has 0 saturated carbocycles. The number of Topliss-reactive ketones (excluding diaryl/α,β-unsaturated/α-hetero) is 1. The van der Waals surface area contributed by atoms with Crippen LogP contribution in [0.2, 0.25) is 0 Å². The molecule has 17 heavy (non-hydrogen) atoms. The highest BCUT2D eigenvalue weighted by atomic mass is 19.4. The van der Waals surface area contributed by atoms with Crippen molar-refractivity contribution < 1.29 is 40.3 Å². The van der Waals surface area contributed by atoms with Gasteiger partial charge in [-0.15, -0.1) is 0 Å². The molecular weight excluding hydrogens is 263 g/mol. The normalized spacial score (nSPS) is 13.5. The fourth-order valence-electron chi connectivity index (χ4n) is 0.769. The lowest BCUT2D eigenvalue weighted by molar-refractivity contribution is -0.324. The predicted octanol–water partition coefficient (Wildman–Crippen LogP) is 1.48. The molecule has 0 heterocycles. The second-order valence-corrected chi connectivity index (χ2v) is 3.18. The van der Waals surface area contributed by atoms with Crippen LogP contribution >= 0.6 is 0 Å². The minimum absolute atomic E-state index is 0.119. The smallest absolute Gasteiger partial charge is 0.342 e. The Bertz CT molecular complexity index is 316. The summed E-state index contributed by atoms with van der Waals surface area (Å²) in [6.07, 6.45) is -13.1. The van der Waals surface area contributed by atoms with Crippen LogP contribution < -0.4 is 0 Å². The van der Waals surface area contributed by atoms with E-state index >= 15 is 0 Å². The van der Waals surface area contributed by atoms with Crippen molar-refractivity contribution in [1.82, 2.24) is 4.90 Å². The van der Waals surface area contributed by atoms with E-state index in [-0.39, 0.29) is 4.90 Å². The fourth-order valence-corrected chi connectivity index (χ4v) is 0.769. The number of likely N-dealkylation sites (N-methyl/N-ethyl adjacent to an activating group) is 1. The van der Waals surface area contributed by atoms with Gasteiger partial charge >= 0.3 is 18.0 Å². The van der Waals surface area contributed by atoms with Gasteiger partial charge in [-0.2, -0.15) is 26.3 Å². The van der Waals surface area contributed by atoms with Gasteiger partial charge in [0.15, 0.2) is 0 Å². The second kappa shape index (κ2) is 4.15. The number of alkyl halides is 7. The summed E-state index contributed by atoms with van der Waals surface area (Å²) in [5, 5.41) is 0. The molecule has 0 unspecified atom stereocenters. The summed E-state index contributed by atoms with van der Waals surface area (Å²) in [4.78, 5) is 21.5. The molecule has 0 aromatic heterocycles. The van der Waals surface area contributed by atoms with E-state index in [0.29, 0.717) is 14.1 Å². The molecule has 3 nitrogen and oxygen atoms in total. The summed E-state index contributed by atoms with van der Waals surface area (Å²) < 4.78 is 84.9. The lowest BCUT2D eigenvalue weighted by atomic mass is 9.98. The standard InChI is InChI=1S/C7H6F7NO2/c1-15(2)4(17)3(16)5(8,6(9,10)11)7(12,13)14/h1-2H3. The molecule has 0 spiro atoms. The van der Waals surface area contributed by atoms with E-state index in [1.807, 2.05) is 0 Å². The van der Waals surface area contributed by atoms with Crippen molar-refractivity contribution in [2.45, 2.75) is 18.0 Å². The Morgan fingerprint density at radius 3 is 1.29 bits per heavy atom. The summed E-state index contributed by atoms with van der Waals surface area (Å²) >= 11 is 0. The maximum Gasteiger partial charge on any atom is 0.439 e. The Kier molecular flexibility index (Phi) is 3.82. The third-order valence-electron chi connectivity index (χ3n) is 1.69. The average Bonchev–Trinajstić information content (AvgIpc) is 2.10. The summed E-state index contributed by atoms with van der Waals surface area (Å²) in [7, 11) is 1.43. The van der Waals surface area contributed by atoms with E-state index < -0.39 is 29.7 Å². The predicted molar refractivity (Wildman–Crippen MR) is 39.7 cm³/mol. The minimum atomic E-state index is -6.56. The maximum atomic E-state index is 13.0. The molecule has 1 amide bonds. The monoisotopic (exact) mass is 269 g/mol. The Balaban J connectivity index is 5.70. The van der Waals surface area contributed by atoms with Crippen molar-refractivity contribution >= 4 is 11.7 Å². The van der Waals surface area contributed by atoms with Gasteiger partial charge in [-0.1, -0.05) is 0 Å². The third-order valence-corrected chi connectivity index (χ3v) is 1.69. The van der Waals surface area contributed by atoms with Crippen LogP contribution in [0.15, 0.2) is 0 Å². The lowest BCUT2D eigenvalue weighted by Crippen LogP contribution is -2.62. The molecule has 0 aliphatic rings. The summed E-state index contributed by atoms with van der Waals surface area (Å²) in [6, 6.07) is 0. The molecule has 0 aromatic carbocycles. The fraction of sp³-hybridized carbons (Fsp3) is 0.714.